The van der Waals surface area contributed by atoms with E-state index in [1.165, 1.54) is 20.0 Å². The molecule has 1 fully saturated rings. The van der Waals surface area contributed by atoms with Crippen molar-refractivity contribution in [3.05, 3.63) is 23.8 Å². The number of rotatable bonds is 4. The third kappa shape index (κ3) is 3.28. The van der Waals surface area contributed by atoms with Crippen molar-refractivity contribution < 1.29 is 14.6 Å². The number of hydrogen-bond donors (Lipinski definition) is 1. The Bertz CT molecular complexity index is 445. The average molecular weight is 262 g/mol. The predicted octanol–water partition coefficient (Wildman–Crippen LogP) is 3.80. The smallest absolute Gasteiger partial charge is 0.168 e. The van der Waals surface area contributed by atoms with Crippen molar-refractivity contribution in [3.63, 3.8) is 0 Å². The van der Waals surface area contributed by atoms with Crippen LogP contribution in [0, 0.1) is 11.8 Å². The third-order valence-corrected chi connectivity index (χ3v) is 4.13. The molecule has 3 heteroatoms. The molecule has 0 amide bonds. The molecule has 1 aliphatic carbocycles. The van der Waals surface area contributed by atoms with Gasteiger partial charge >= 0.3 is 0 Å². The number of aromatic hydroxyl groups is 1. The summed E-state index contributed by atoms with van der Waals surface area (Å²) in [7, 11) is 1.49. The Labute approximate surface area is 114 Å². The summed E-state index contributed by atoms with van der Waals surface area (Å²) in [4.78, 5) is 12.3. The molecule has 2 rings (SSSR count). The summed E-state index contributed by atoms with van der Waals surface area (Å²) >= 11 is 0. The Kier molecular flexibility index (Phi) is 4.46. The van der Waals surface area contributed by atoms with E-state index >= 15 is 0 Å². The first-order valence-electron chi connectivity index (χ1n) is 7.01. The van der Waals surface area contributed by atoms with Crippen LogP contribution in [0.25, 0.3) is 0 Å². The van der Waals surface area contributed by atoms with Crippen molar-refractivity contribution in [2.45, 2.75) is 39.0 Å². The summed E-state index contributed by atoms with van der Waals surface area (Å²) in [5.74, 6) is 1.61. The average Bonchev–Trinajstić information content (AvgIpc) is 2.41. The van der Waals surface area contributed by atoms with Crippen LogP contribution >= 0.6 is 0 Å². The van der Waals surface area contributed by atoms with E-state index in [1.807, 2.05) is 0 Å². The first kappa shape index (κ1) is 13.9. The lowest BCUT2D eigenvalue weighted by molar-refractivity contribution is 0.0941. The molecular weight excluding hydrogens is 240 g/mol. The lowest BCUT2D eigenvalue weighted by Crippen LogP contribution is -2.16. The molecular formula is C16H22O3. The molecule has 3 nitrogen and oxygen atoms in total. The van der Waals surface area contributed by atoms with Gasteiger partial charge in [0.05, 0.1) is 12.7 Å². The van der Waals surface area contributed by atoms with Crippen LogP contribution in [-0.2, 0) is 0 Å². The molecule has 0 heterocycles. The minimum atomic E-state index is -0.0285. The predicted molar refractivity (Wildman–Crippen MR) is 74.7 cm³/mol. The highest BCUT2D eigenvalue weighted by Gasteiger charge is 2.23. The highest BCUT2D eigenvalue weighted by atomic mass is 16.5. The zero-order valence-corrected chi connectivity index (χ0v) is 11.7. The molecule has 0 aromatic heterocycles. The van der Waals surface area contributed by atoms with E-state index in [2.05, 4.69) is 6.92 Å². The number of para-hydroxylation sites is 1. The normalized spacial score (nSPS) is 23.1. The summed E-state index contributed by atoms with van der Waals surface area (Å²) in [6.45, 7) is 2.27. The van der Waals surface area contributed by atoms with Gasteiger partial charge in [-0.05, 0) is 36.8 Å². The Morgan fingerprint density at radius 1 is 1.32 bits per heavy atom. The molecule has 1 aromatic carbocycles. The highest BCUT2D eigenvalue weighted by Crippen LogP contribution is 2.34. The molecule has 0 bridgehead atoms. The number of carbonyl (C=O) groups is 1. The zero-order valence-electron chi connectivity index (χ0n) is 11.7. The molecule has 0 spiro atoms. The number of carbonyl (C=O) groups excluding carboxylic acids is 1. The standard InChI is InChI=1S/C16H22O3/c1-11-6-8-12(9-7-11)10-14(17)13-4-3-5-15(19-2)16(13)18/h3-5,11-12,18H,6-10H2,1-2H3. The van der Waals surface area contributed by atoms with E-state index < -0.39 is 0 Å². The molecule has 1 saturated carbocycles. The van der Waals surface area contributed by atoms with Gasteiger partial charge < -0.3 is 9.84 Å². The van der Waals surface area contributed by atoms with Crippen LogP contribution in [0.3, 0.4) is 0 Å². The van der Waals surface area contributed by atoms with Crippen molar-refractivity contribution in [2.24, 2.45) is 11.8 Å². The first-order valence-corrected chi connectivity index (χ1v) is 7.01. The molecule has 0 unspecified atom stereocenters. The second-order valence-electron chi connectivity index (χ2n) is 5.61. The van der Waals surface area contributed by atoms with Crippen molar-refractivity contribution >= 4 is 5.78 Å². The van der Waals surface area contributed by atoms with Crippen molar-refractivity contribution in [2.75, 3.05) is 7.11 Å². The van der Waals surface area contributed by atoms with Crippen LogP contribution in [0.1, 0.15) is 49.4 Å². The molecule has 0 radical (unpaired) electrons. The molecule has 0 aliphatic heterocycles. The van der Waals surface area contributed by atoms with E-state index in [9.17, 15) is 9.90 Å². The quantitative estimate of drug-likeness (QED) is 0.839. The van der Waals surface area contributed by atoms with Gasteiger partial charge in [-0.3, -0.25) is 4.79 Å². The fourth-order valence-corrected chi connectivity index (χ4v) is 2.82. The maximum Gasteiger partial charge on any atom is 0.168 e. The third-order valence-electron chi connectivity index (χ3n) is 4.13. The maximum absolute atomic E-state index is 12.3. The van der Waals surface area contributed by atoms with Crippen LogP contribution in [0.2, 0.25) is 0 Å². The minimum Gasteiger partial charge on any atom is -0.504 e. The van der Waals surface area contributed by atoms with Gasteiger partial charge in [-0.25, -0.2) is 0 Å². The molecule has 1 N–H and O–H groups in total. The monoisotopic (exact) mass is 262 g/mol. The molecule has 1 aliphatic rings. The number of ketones is 1. The van der Waals surface area contributed by atoms with E-state index in [0.717, 1.165) is 18.8 Å². The summed E-state index contributed by atoms with van der Waals surface area (Å²) in [6, 6.07) is 5.08. The summed E-state index contributed by atoms with van der Waals surface area (Å²) in [5.41, 5.74) is 0.387. The van der Waals surface area contributed by atoms with Crippen LogP contribution < -0.4 is 4.74 Å². The van der Waals surface area contributed by atoms with Crippen LogP contribution in [0.5, 0.6) is 11.5 Å². The van der Waals surface area contributed by atoms with Gasteiger partial charge in [-0.2, -0.15) is 0 Å². The van der Waals surface area contributed by atoms with E-state index in [1.54, 1.807) is 18.2 Å². The van der Waals surface area contributed by atoms with Crippen molar-refractivity contribution in [3.8, 4) is 11.5 Å². The number of Topliss-reactive ketones (excluding diaryl/α,β-unsaturated/α-hetero) is 1. The lowest BCUT2D eigenvalue weighted by atomic mass is 9.80. The summed E-state index contributed by atoms with van der Waals surface area (Å²) < 4.78 is 5.04. The van der Waals surface area contributed by atoms with Gasteiger partial charge in [0.15, 0.2) is 17.3 Å². The number of methoxy groups -OCH3 is 1. The molecule has 104 valence electrons. The Hall–Kier alpha value is -1.51. The zero-order chi connectivity index (χ0) is 13.8. The SMILES string of the molecule is COc1cccc(C(=O)CC2CCC(C)CC2)c1O. The van der Waals surface area contributed by atoms with Gasteiger partial charge in [0.1, 0.15) is 0 Å². The fraction of sp³-hybridized carbons (Fsp3) is 0.562. The fourth-order valence-electron chi connectivity index (χ4n) is 2.82. The molecule has 0 atom stereocenters. The van der Waals surface area contributed by atoms with Crippen LogP contribution in [0.4, 0.5) is 0 Å². The first-order chi connectivity index (χ1) is 9.11. The van der Waals surface area contributed by atoms with Crippen LogP contribution in [-0.4, -0.2) is 18.0 Å². The Morgan fingerprint density at radius 2 is 2.00 bits per heavy atom. The number of hydrogen-bond acceptors (Lipinski definition) is 3. The van der Waals surface area contributed by atoms with Crippen molar-refractivity contribution in [1.29, 1.82) is 0 Å². The second-order valence-corrected chi connectivity index (χ2v) is 5.61. The number of phenolic OH excluding ortho intramolecular Hbond substituents is 1. The van der Waals surface area contributed by atoms with Gasteiger partial charge in [0.25, 0.3) is 0 Å². The van der Waals surface area contributed by atoms with Gasteiger partial charge in [0.2, 0.25) is 0 Å². The molecule has 0 saturated heterocycles. The minimum absolute atomic E-state index is 0.0240. The van der Waals surface area contributed by atoms with Gasteiger partial charge in [-0.15, -0.1) is 0 Å². The highest BCUT2D eigenvalue weighted by molar-refractivity contribution is 5.99. The molecule has 19 heavy (non-hydrogen) atoms. The summed E-state index contributed by atoms with van der Waals surface area (Å²) in [6.07, 6.45) is 5.20. The van der Waals surface area contributed by atoms with Gasteiger partial charge in [-0.1, -0.05) is 25.8 Å². The van der Waals surface area contributed by atoms with Crippen LogP contribution in [0.15, 0.2) is 18.2 Å². The Morgan fingerprint density at radius 3 is 2.63 bits per heavy atom. The number of ether oxygens (including phenoxy) is 1. The van der Waals surface area contributed by atoms with E-state index in [0.29, 0.717) is 23.7 Å². The van der Waals surface area contributed by atoms with Gasteiger partial charge in [0, 0.05) is 6.42 Å². The lowest BCUT2D eigenvalue weighted by Gasteiger charge is -2.25. The summed E-state index contributed by atoms with van der Waals surface area (Å²) in [5, 5.41) is 9.98. The van der Waals surface area contributed by atoms with E-state index in [-0.39, 0.29) is 11.5 Å². The van der Waals surface area contributed by atoms with Crippen molar-refractivity contribution in [1.82, 2.24) is 0 Å². The molecule has 1 aromatic rings. The number of benzene rings is 1. The Balaban J connectivity index is 2.04. The maximum atomic E-state index is 12.3. The largest absolute Gasteiger partial charge is 0.504 e. The topological polar surface area (TPSA) is 46.5 Å². The number of phenols is 1. The second kappa shape index (κ2) is 6.09. The van der Waals surface area contributed by atoms with E-state index in [4.69, 9.17) is 4.74 Å².